The van der Waals surface area contributed by atoms with Crippen molar-refractivity contribution in [2.45, 2.75) is 5.92 Å². The number of hydrogen-bond donors (Lipinski definition) is 0. The minimum Gasteiger partial charge on any atom is -0.456 e. The quantitative estimate of drug-likeness (QED) is 0.198. The first-order valence-electron chi connectivity index (χ1n) is 16.2. The van der Waals surface area contributed by atoms with Crippen molar-refractivity contribution in [3.8, 4) is 0 Å². The summed E-state index contributed by atoms with van der Waals surface area (Å²) in [5.41, 5.74) is 13.1. The molecule has 0 aliphatic heterocycles. The highest BCUT2D eigenvalue weighted by Gasteiger charge is 2.36. The Bertz CT molecular complexity index is 2870. The molecule has 3 nitrogen and oxygen atoms in total. The second kappa shape index (κ2) is 9.24. The lowest BCUT2D eigenvalue weighted by Gasteiger charge is -2.37. The van der Waals surface area contributed by atoms with Crippen molar-refractivity contribution in [1.82, 2.24) is 0 Å². The Morgan fingerprint density at radius 2 is 1.04 bits per heavy atom. The van der Waals surface area contributed by atoms with Crippen LogP contribution in [-0.4, -0.2) is 0 Å². The number of hydrogen-bond acceptors (Lipinski definition) is 3. The highest BCUT2D eigenvalue weighted by atomic mass is 16.3. The Kier molecular flexibility index (Phi) is 4.95. The van der Waals surface area contributed by atoms with Gasteiger partial charge in [-0.05, 0) is 75.9 Å². The monoisotopic (exact) mass is 602 g/mol. The van der Waals surface area contributed by atoms with Crippen LogP contribution >= 0.6 is 0 Å². The molecule has 6 aromatic carbocycles. The molecule has 11 rings (SSSR count). The molecule has 0 fully saturated rings. The van der Waals surface area contributed by atoms with Gasteiger partial charge in [0, 0.05) is 44.2 Å². The predicted octanol–water partition coefficient (Wildman–Crippen LogP) is 12.1. The van der Waals surface area contributed by atoms with Gasteiger partial charge in [-0.25, -0.2) is 0 Å². The summed E-state index contributed by atoms with van der Waals surface area (Å²) in [6, 6.07) is 42.9. The molecule has 0 N–H and O–H groups in total. The summed E-state index contributed by atoms with van der Waals surface area (Å²) in [7, 11) is 0. The first-order valence-corrected chi connectivity index (χ1v) is 16.2. The van der Waals surface area contributed by atoms with E-state index in [9.17, 15) is 0 Å². The van der Waals surface area contributed by atoms with Crippen molar-refractivity contribution < 1.29 is 13.3 Å². The van der Waals surface area contributed by atoms with Gasteiger partial charge in [-0.3, -0.25) is 0 Å². The largest absolute Gasteiger partial charge is 0.456 e. The topological polar surface area (TPSA) is 39.4 Å². The van der Waals surface area contributed by atoms with E-state index >= 15 is 0 Å². The molecule has 0 spiro atoms. The summed E-state index contributed by atoms with van der Waals surface area (Å²) in [6.45, 7) is 0. The zero-order chi connectivity index (χ0) is 30.6. The number of fused-ring (bicyclic) bond motifs is 12. The van der Waals surface area contributed by atoms with Gasteiger partial charge in [0.1, 0.15) is 33.5 Å². The maximum Gasteiger partial charge on any atom is 0.136 e. The van der Waals surface area contributed by atoms with E-state index in [1.165, 1.54) is 38.8 Å². The minimum atomic E-state index is 0.126. The van der Waals surface area contributed by atoms with Crippen molar-refractivity contribution in [1.29, 1.82) is 0 Å². The predicted molar refractivity (Wildman–Crippen MR) is 191 cm³/mol. The molecule has 220 valence electrons. The van der Waals surface area contributed by atoms with Crippen LogP contribution in [0.5, 0.6) is 0 Å². The van der Waals surface area contributed by atoms with Gasteiger partial charge in [-0.1, -0.05) is 103 Å². The molecule has 3 heterocycles. The SMILES string of the molecule is C1=CC2=C(c3cccc4oc5ccccc5c34)c3ccccc3C(c3ccc4oc5ccc6oc7ccccc7c6c5c4c3)C2C=C1. The number of rotatable bonds is 2. The van der Waals surface area contributed by atoms with E-state index in [4.69, 9.17) is 13.3 Å². The lowest BCUT2D eigenvalue weighted by molar-refractivity contribution is 0.647. The second-order valence-corrected chi connectivity index (χ2v) is 12.7. The molecule has 0 radical (unpaired) electrons. The van der Waals surface area contributed by atoms with E-state index in [-0.39, 0.29) is 11.8 Å². The fourth-order valence-electron chi connectivity index (χ4n) is 8.41. The standard InChI is InChI=1S/C44H26O3/c1-3-12-28-26(10-1)40(25-20-21-36-33(24-25)44-39(47-36)23-22-38-43(44)31-15-6-8-18-35(31)46-38)27-11-2-4-13-29(27)41(28)32-16-9-19-37-42(32)30-14-5-7-17-34(30)45-37/h1-24,26,40H. The minimum absolute atomic E-state index is 0.126. The zero-order valence-corrected chi connectivity index (χ0v) is 25.2. The summed E-state index contributed by atoms with van der Waals surface area (Å²) < 4.78 is 19.1. The Hall–Kier alpha value is -6.06. The number of benzene rings is 6. The van der Waals surface area contributed by atoms with E-state index in [1.54, 1.807) is 0 Å². The van der Waals surface area contributed by atoms with Crippen molar-refractivity contribution in [2.75, 3.05) is 0 Å². The van der Waals surface area contributed by atoms with Crippen molar-refractivity contribution >= 4 is 71.4 Å². The molecular formula is C44H26O3. The maximum atomic E-state index is 6.46. The van der Waals surface area contributed by atoms with Crippen molar-refractivity contribution in [3.05, 3.63) is 173 Å². The Morgan fingerprint density at radius 1 is 0.447 bits per heavy atom. The van der Waals surface area contributed by atoms with Crippen molar-refractivity contribution in [3.63, 3.8) is 0 Å². The van der Waals surface area contributed by atoms with Gasteiger partial charge in [0.2, 0.25) is 0 Å². The third-order valence-corrected chi connectivity index (χ3v) is 10.3. The molecule has 3 heteroatoms. The Morgan fingerprint density at radius 3 is 1.85 bits per heavy atom. The van der Waals surface area contributed by atoms with E-state index < -0.39 is 0 Å². The summed E-state index contributed by atoms with van der Waals surface area (Å²) in [6.07, 6.45) is 9.07. The van der Waals surface area contributed by atoms with Crippen LogP contribution in [0.3, 0.4) is 0 Å². The number of furan rings is 3. The summed E-state index contributed by atoms with van der Waals surface area (Å²) >= 11 is 0. The zero-order valence-electron chi connectivity index (χ0n) is 25.2. The summed E-state index contributed by atoms with van der Waals surface area (Å²) in [4.78, 5) is 0. The van der Waals surface area contributed by atoms with Crippen LogP contribution in [0.25, 0.3) is 71.4 Å². The molecule has 0 amide bonds. The molecule has 2 unspecified atom stereocenters. The van der Waals surface area contributed by atoms with Gasteiger partial charge in [0.15, 0.2) is 0 Å². The smallest absolute Gasteiger partial charge is 0.136 e. The third kappa shape index (κ3) is 3.40. The first kappa shape index (κ1) is 25.2. The maximum absolute atomic E-state index is 6.46. The van der Waals surface area contributed by atoms with Crippen LogP contribution in [0.4, 0.5) is 0 Å². The van der Waals surface area contributed by atoms with Crippen LogP contribution in [-0.2, 0) is 0 Å². The Balaban J connectivity index is 1.18. The molecule has 47 heavy (non-hydrogen) atoms. The molecule has 0 saturated heterocycles. The molecule has 2 aliphatic carbocycles. The van der Waals surface area contributed by atoms with Gasteiger partial charge < -0.3 is 13.3 Å². The lowest BCUT2D eigenvalue weighted by Crippen LogP contribution is -2.22. The lowest BCUT2D eigenvalue weighted by atomic mass is 9.66. The van der Waals surface area contributed by atoms with Crippen LogP contribution in [0.1, 0.15) is 28.2 Å². The fourth-order valence-corrected chi connectivity index (χ4v) is 8.41. The van der Waals surface area contributed by atoms with E-state index in [1.807, 2.05) is 30.3 Å². The summed E-state index contributed by atoms with van der Waals surface area (Å²) in [5.74, 6) is 0.282. The molecular weight excluding hydrogens is 576 g/mol. The normalized spacial score (nSPS) is 17.5. The van der Waals surface area contributed by atoms with Gasteiger partial charge >= 0.3 is 0 Å². The number of allylic oxidation sites excluding steroid dienone is 5. The molecule has 0 bridgehead atoms. The molecule has 0 saturated carbocycles. The van der Waals surface area contributed by atoms with Gasteiger partial charge in [-0.2, -0.15) is 0 Å². The highest BCUT2D eigenvalue weighted by Crippen LogP contribution is 2.52. The van der Waals surface area contributed by atoms with Crippen molar-refractivity contribution in [2.24, 2.45) is 5.92 Å². The molecule has 2 aliphatic rings. The fraction of sp³-hybridized carbons (Fsp3) is 0.0455. The van der Waals surface area contributed by atoms with Gasteiger partial charge in [-0.15, -0.1) is 0 Å². The third-order valence-electron chi connectivity index (χ3n) is 10.3. The molecule has 9 aromatic rings. The first-order chi connectivity index (χ1) is 23.3. The Labute approximate surface area is 269 Å². The van der Waals surface area contributed by atoms with Crippen LogP contribution < -0.4 is 0 Å². The van der Waals surface area contributed by atoms with E-state index in [2.05, 4.69) is 115 Å². The average molecular weight is 603 g/mol. The average Bonchev–Trinajstić information content (AvgIpc) is 3.81. The van der Waals surface area contributed by atoms with Gasteiger partial charge in [0.05, 0.1) is 0 Å². The van der Waals surface area contributed by atoms with Crippen LogP contribution in [0.2, 0.25) is 0 Å². The second-order valence-electron chi connectivity index (χ2n) is 12.7. The number of para-hydroxylation sites is 2. The van der Waals surface area contributed by atoms with Gasteiger partial charge in [0.25, 0.3) is 0 Å². The highest BCUT2D eigenvalue weighted by molar-refractivity contribution is 6.25. The van der Waals surface area contributed by atoms with Crippen LogP contribution in [0, 0.1) is 5.92 Å². The molecule has 3 aromatic heterocycles. The molecule has 2 atom stereocenters. The summed E-state index contributed by atoms with van der Waals surface area (Å²) in [5, 5.41) is 6.77. The van der Waals surface area contributed by atoms with Crippen LogP contribution in [0.15, 0.2) is 164 Å². The van der Waals surface area contributed by atoms with E-state index in [0.29, 0.717) is 0 Å². The van der Waals surface area contributed by atoms with E-state index in [0.717, 1.165) is 60.4 Å².